The van der Waals surface area contributed by atoms with Gasteiger partial charge in [-0.05, 0) is 31.2 Å². The molecule has 0 unspecified atom stereocenters. The van der Waals surface area contributed by atoms with Crippen molar-refractivity contribution in [2.24, 2.45) is 0 Å². The molecule has 3 heterocycles. The van der Waals surface area contributed by atoms with Gasteiger partial charge in [-0.15, -0.1) is 0 Å². The SMILES string of the molecule is Cc1nc2ccc(C(F)(F)F)cn2c1C(=O)NCc1ccccn1. The van der Waals surface area contributed by atoms with Gasteiger partial charge in [-0.1, -0.05) is 6.07 Å². The molecular weight excluding hydrogens is 321 g/mol. The van der Waals surface area contributed by atoms with Crippen molar-refractivity contribution >= 4 is 11.6 Å². The number of aryl methyl sites for hydroxylation is 1. The van der Waals surface area contributed by atoms with E-state index < -0.39 is 17.6 Å². The molecule has 0 aromatic carbocycles. The van der Waals surface area contributed by atoms with Gasteiger partial charge in [0, 0.05) is 12.4 Å². The van der Waals surface area contributed by atoms with Gasteiger partial charge < -0.3 is 5.32 Å². The van der Waals surface area contributed by atoms with Crippen molar-refractivity contribution in [3.05, 3.63) is 65.4 Å². The van der Waals surface area contributed by atoms with Gasteiger partial charge in [0.1, 0.15) is 11.3 Å². The molecule has 0 radical (unpaired) electrons. The van der Waals surface area contributed by atoms with Crippen LogP contribution < -0.4 is 5.32 Å². The minimum Gasteiger partial charge on any atom is -0.345 e. The Labute approximate surface area is 135 Å². The molecule has 3 rings (SSSR count). The van der Waals surface area contributed by atoms with Crippen molar-refractivity contribution in [2.75, 3.05) is 0 Å². The Morgan fingerprint density at radius 3 is 2.71 bits per heavy atom. The zero-order valence-electron chi connectivity index (χ0n) is 12.6. The minimum absolute atomic E-state index is 0.0760. The second-order valence-electron chi connectivity index (χ2n) is 5.19. The van der Waals surface area contributed by atoms with Crippen LogP contribution in [-0.4, -0.2) is 20.3 Å². The van der Waals surface area contributed by atoms with Crippen LogP contribution in [0.1, 0.15) is 27.4 Å². The van der Waals surface area contributed by atoms with Gasteiger partial charge in [-0.3, -0.25) is 14.2 Å². The van der Waals surface area contributed by atoms with Crippen LogP contribution in [0.15, 0.2) is 42.7 Å². The van der Waals surface area contributed by atoms with Gasteiger partial charge in [-0.25, -0.2) is 4.98 Å². The Morgan fingerprint density at radius 1 is 1.25 bits per heavy atom. The molecule has 3 aromatic heterocycles. The molecule has 0 aliphatic rings. The number of aromatic nitrogens is 3. The number of carbonyl (C=O) groups is 1. The zero-order valence-corrected chi connectivity index (χ0v) is 12.6. The van der Waals surface area contributed by atoms with Crippen LogP contribution >= 0.6 is 0 Å². The highest BCUT2D eigenvalue weighted by Gasteiger charge is 2.31. The predicted molar refractivity (Wildman–Crippen MR) is 80.3 cm³/mol. The summed E-state index contributed by atoms with van der Waals surface area (Å²) in [5, 5.41) is 2.65. The molecule has 0 spiro atoms. The quantitative estimate of drug-likeness (QED) is 0.801. The maximum atomic E-state index is 12.9. The number of carbonyl (C=O) groups excluding carboxylic acids is 1. The lowest BCUT2D eigenvalue weighted by Crippen LogP contribution is -2.25. The fraction of sp³-hybridized carbons (Fsp3) is 0.188. The Morgan fingerprint density at radius 2 is 2.04 bits per heavy atom. The number of amides is 1. The van der Waals surface area contributed by atoms with E-state index in [-0.39, 0.29) is 17.9 Å². The zero-order chi connectivity index (χ0) is 17.3. The topological polar surface area (TPSA) is 59.3 Å². The summed E-state index contributed by atoms with van der Waals surface area (Å²) in [6.45, 7) is 1.75. The first-order valence-corrected chi connectivity index (χ1v) is 7.10. The van der Waals surface area contributed by atoms with Crippen molar-refractivity contribution in [1.82, 2.24) is 19.7 Å². The van der Waals surface area contributed by atoms with E-state index in [0.717, 1.165) is 16.7 Å². The van der Waals surface area contributed by atoms with Crippen molar-refractivity contribution in [3.63, 3.8) is 0 Å². The average Bonchev–Trinajstić information content (AvgIpc) is 2.87. The summed E-state index contributed by atoms with van der Waals surface area (Å²) >= 11 is 0. The lowest BCUT2D eigenvalue weighted by atomic mass is 10.2. The molecule has 0 aliphatic heterocycles. The molecule has 0 bridgehead atoms. The third kappa shape index (κ3) is 3.08. The van der Waals surface area contributed by atoms with Crippen LogP contribution in [-0.2, 0) is 12.7 Å². The van der Waals surface area contributed by atoms with Gasteiger partial charge in [0.15, 0.2) is 0 Å². The number of rotatable bonds is 3. The highest BCUT2D eigenvalue weighted by molar-refractivity contribution is 5.94. The standard InChI is InChI=1S/C16H13F3N4O/c1-10-14(15(24)21-8-12-4-2-3-7-20-12)23-9-11(16(17,18)19)5-6-13(23)22-10/h2-7,9H,8H2,1H3,(H,21,24). The summed E-state index contributed by atoms with van der Waals surface area (Å²) in [4.78, 5) is 20.6. The van der Waals surface area contributed by atoms with Crippen molar-refractivity contribution in [1.29, 1.82) is 0 Å². The second-order valence-corrected chi connectivity index (χ2v) is 5.19. The number of hydrogen-bond donors (Lipinski definition) is 1. The number of pyridine rings is 2. The van der Waals surface area contributed by atoms with E-state index in [4.69, 9.17) is 0 Å². The third-order valence-corrected chi connectivity index (χ3v) is 3.49. The molecule has 0 atom stereocenters. The number of halogens is 3. The van der Waals surface area contributed by atoms with Gasteiger partial charge in [-0.2, -0.15) is 13.2 Å². The Hall–Kier alpha value is -2.90. The van der Waals surface area contributed by atoms with Gasteiger partial charge in [0.25, 0.3) is 5.91 Å². The Kier molecular flexibility index (Phi) is 3.96. The first kappa shape index (κ1) is 16.0. The fourth-order valence-corrected chi connectivity index (χ4v) is 2.36. The maximum absolute atomic E-state index is 12.9. The molecule has 5 nitrogen and oxygen atoms in total. The lowest BCUT2D eigenvalue weighted by Gasteiger charge is -2.09. The van der Waals surface area contributed by atoms with E-state index in [9.17, 15) is 18.0 Å². The van der Waals surface area contributed by atoms with E-state index in [1.54, 1.807) is 31.3 Å². The van der Waals surface area contributed by atoms with E-state index in [1.807, 2.05) is 0 Å². The molecule has 0 saturated heterocycles. The van der Waals surface area contributed by atoms with Crippen LogP contribution in [0.3, 0.4) is 0 Å². The number of alkyl halides is 3. The highest BCUT2D eigenvalue weighted by atomic mass is 19.4. The van der Waals surface area contributed by atoms with E-state index in [0.29, 0.717) is 11.4 Å². The largest absolute Gasteiger partial charge is 0.417 e. The van der Waals surface area contributed by atoms with Gasteiger partial charge in [0.05, 0.1) is 23.5 Å². The van der Waals surface area contributed by atoms with Crippen molar-refractivity contribution < 1.29 is 18.0 Å². The first-order valence-electron chi connectivity index (χ1n) is 7.10. The van der Waals surface area contributed by atoms with Crippen molar-refractivity contribution in [2.45, 2.75) is 19.6 Å². The first-order chi connectivity index (χ1) is 11.4. The van der Waals surface area contributed by atoms with Crippen LogP contribution in [0.5, 0.6) is 0 Å². The molecule has 0 saturated carbocycles. The summed E-state index contributed by atoms with van der Waals surface area (Å²) < 4.78 is 39.8. The molecule has 24 heavy (non-hydrogen) atoms. The number of imidazole rings is 1. The molecule has 1 N–H and O–H groups in total. The monoisotopic (exact) mass is 334 g/mol. The fourth-order valence-electron chi connectivity index (χ4n) is 2.36. The Balaban J connectivity index is 1.92. The smallest absolute Gasteiger partial charge is 0.345 e. The molecule has 0 aliphatic carbocycles. The van der Waals surface area contributed by atoms with E-state index >= 15 is 0 Å². The maximum Gasteiger partial charge on any atom is 0.417 e. The molecule has 8 heteroatoms. The molecule has 124 valence electrons. The van der Waals surface area contributed by atoms with E-state index in [2.05, 4.69) is 15.3 Å². The van der Waals surface area contributed by atoms with Crippen LogP contribution in [0.2, 0.25) is 0 Å². The number of nitrogens with zero attached hydrogens (tertiary/aromatic N) is 3. The number of nitrogens with one attached hydrogen (secondary N) is 1. The summed E-state index contributed by atoms with van der Waals surface area (Å²) in [5.74, 6) is -0.509. The highest BCUT2D eigenvalue weighted by Crippen LogP contribution is 2.29. The predicted octanol–water partition coefficient (Wildman–Crippen LogP) is 2.99. The van der Waals surface area contributed by atoms with E-state index in [1.165, 1.54) is 6.07 Å². The lowest BCUT2D eigenvalue weighted by molar-refractivity contribution is -0.137. The minimum atomic E-state index is -4.49. The molecule has 3 aromatic rings. The average molecular weight is 334 g/mol. The van der Waals surface area contributed by atoms with Crippen LogP contribution in [0.25, 0.3) is 5.65 Å². The van der Waals surface area contributed by atoms with Crippen LogP contribution in [0, 0.1) is 6.92 Å². The number of hydrogen-bond acceptors (Lipinski definition) is 3. The molecular formula is C16H13F3N4O. The summed E-state index contributed by atoms with van der Waals surface area (Å²) in [6.07, 6.45) is -2.02. The second kappa shape index (κ2) is 5.95. The molecule has 1 amide bonds. The van der Waals surface area contributed by atoms with Gasteiger partial charge in [0.2, 0.25) is 0 Å². The molecule has 0 fully saturated rings. The van der Waals surface area contributed by atoms with Crippen molar-refractivity contribution in [3.8, 4) is 0 Å². The Bertz CT molecular complexity index is 887. The van der Waals surface area contributed by atoms with Gasteiger partial charge >= 0.3 is 6.18 Å². The third-order valence-electron chi connectivity index (χ3n) is 3.49. The number of fused-ring (bicyclic) bond motifs is 1. The normalized spacial score (nSPS) is 11.7. The summed E-state index contributed by atoms with van der Waals surface area (Å²) in [7, 11) is 0. The summed E-state index contributed by atoms with van der Waals surface area (Å²) in [6, 6.07) is 7.45. The van der Waals surface area contributed by atoms with Crippen LogP contribution in [0.4, 0.5) is 13.2 Å². The summed E-state index contributed by atoms with van der Waals surface area (Å²) in [5.41, 5.74) is 0.517.